The molecule has 2 heterocycles. The molecule has 24 heavy (non-hydrogen) atoms. The van der Waals surface area contributed by atoms with Crippen molar-refractivity contribution in [1.29, 1.82) is 0 Å². The fraction of sp³-hybridized carbons (Fsp3) is 0.579. The van der Waals surface area contributed by atoms with Gasteiger partial charge in [0.05, 0.1) is 10.9 Å². The van der Waals surface area contributed by atoms with E-state index in [1.165, 1.54) is 19.4 Å². The average Bonchev–Trinajstić information content (AvgIpc) is 2.57. The number of nitrogens with zero attached hydrogens (tertiary/aromatic N) is 3. The summed E-state index contributed by atoms with van der Waals surface area (Å²) < 4.78 is 2.86. The topological polar surface area (TPSA) is 38.1 Å². The van der Waals surface area contributed by atoms with Gasteiger partial charge in [-0.25, -0.2) is 4.98 Å². The maximum Gasteiger partial charge on any atom is 0.261 e. The smallest absolute Gasteiger partial charge is 0.261 e. The lowest BCUT2D eigenvalue weighted by molar-refractivity contribution is 0.168. The van der Waals surface area contributed by atoms with Crippen molar-refractivity contribution in [2.75, 3.05) is 19.6 Å². The van der Waals surface area contributed by atoms with Crippen LogP contribution in [0.3, 0.4) is 0 Å². The normalized spacial score (nSPS) is 19.3. The van der Waals surface area contributed by atoms with Gasteiger partial charge in [-0.3, -0.25) is 9.36 Å². The van der Waals surface area contributed by atoms with Crippen molar-refractivity contribution in [2.45, 2.75) is 46.1 Å². The molecule has 1 atom stereocenters. The third-order valence-corrected chi connectivity index (χ3v) is 5.45. The molecule has 0 radical (unpaired) electrons. The fourth-order valence-electron chi connectivity index (χ4n) is 3.67. The van der Waals surface area contributed by atoms with E-state index in [1.54, 1.807) is 0 Å². The lowest BCUT2D eigenvalue weighted by atomic mass is 9.97. The zero-order valence-corrected chi connectivity index (χ0v) is 16.3. The molecule has 0 bridgehead atoms. The number of aromatic nitrogens is 2. The van der Waals surface area contributed by atoms with Crippen LogP contribution in [-0.4, -0.2) is 34.1 Å². The van der Waals surface area contributed by atoms with E-state index in [0.717, 1.165) is 35.4 Å². The van der Waals surface area contributed by atoms with Gasteiger partial charge in [-0.1, -0.05) is 36.7 Å². The number of benzene rings is 1. The van der Waals surface area contributed by atoms with Crippen molar-refractivity contribution in [3.63, 3.8) is 0 Å². The van der Waals surface area contributed by atoms with Crippen molar-refractivity contribution >= 4 is 26.8 Å². The summed E-state index contributed by atoms with van der Waals surface area (Å²) in [5.41, 5.74) is 0.889. The van der Waals surface area contributed by atoms with E-state index in [0.29, 0.717) is 11.3 Å². The highest BCUT2D eigenvalue weighted by Crippen LogP contribution is 2.22. The minimum atomic E-state index is 0.0959. The van der Waals surface area contributed by atoms with E-state index in [4.69, 9.17) is 4.98 Å². The van der Waals surface area contributed by atoms with Crippen LogP contribution in [0.5, 0.6) is 0 Å². The van der Waals surface area contributed by atoms with Gasteiger partial charge in [0.1, 0.15) is 5.82 Å². The Morgan fingerprint density at radius 2 is 2.17 bits per heavy atom. The van der Waals surface area contributed by atoms with Crippen LogP contribution >= 0.6 is 15.9 Å². The second kappa shape index (κ2) is 7.36. The summed E-state index contributed by atoms with van der Waals surface area (Å²) in [7, 11) is 0. The Kier molecular flexibility index (Phi) is 5.40. The number of fused-ring (bicyclic) bond motifs is 1. The van der Waals surface area contributed by atoms with E-state index in [-0.39, 0.29) is 11.5 Å². The molecule has 3 rings (SSSR count). The van der Waals surface area contributed by atoms with Gasteiger partial charge in [0.15, 0.2) is 0 Å². The van der Waals surface area contributed by atoms with Crippen molar-refractivity contribution in [3.05, 3.63) is 38.9 Å². The highest BCUT2D eigenvalue weighted by molar-refractivity contribution is 9.10. The van der Waals surface area contributed by atoms with Gasteiger partial charge in [0.2, 0.25) is 0 Å². The van der Waals surface area contributed by atoms with Crippen LogP contribution in [0.25, 0.3) is 10.9 Å². The van der Waals surface area contributed by atoms with Gasteiger partial charge in [-0.05, 0) is 50.0 Å². The molecule has 1 aromatic carbocycles. The summed E-state index contributed by atoms with van der Waals surface area (Å²) in [6.07, 6.45) is 2.41. The Morgan fingerprint density at radius 1 is 1.38 bits per heavy atom. The van der Waals surface area contributed by atoms with Gasteiger partial charge in [-0.2, -0.15) is 0 Å². The SMILES string of the molecule is CCN1CCC[C@H](Cn2c(C(C)C)nc3ccc(Br)cc3c2=O)C1. The monoisotopic (exact) mass is 391 g/mol. The average molecular weight is 392 g/mol. The van der Waals surface area contributed by atoms with E-state index in [1.807, 2.05) is 22.8 Å². The van der Waals surface area contributed by atoms with Crippen LogP contribution in [0.15, 0.2) is 27.5 Å². The van der Waals surface area contributed by atoms with Gasteiger partial charge < -0.3 is 4.90 Å². The summed E-state index contributed by atoms with van der Waals surface area (Å²) in [5, 5.41) is 0.705. The second-order valence-corrected chi connectivity index (χ2v) is 8.02. The fourth-order valence-corrected chi connectivity index (χ4v) is 4.03. The Labute approximate surface area is 152 Å². The number of hydrogen-bond acceptors (Lipinski definition) is 3. The van der Waals surface area contributed by atoms with Gasteiger partial charge in [0, 0.05) is 23.5 Å². The molecule has 0 unspecified atom stereocenters. The zero-order valence-electron chi connectivity index (χ0n) is 14.8. The van der Waals surface area contributed by atoms with E-state index in [2.05, 4.69) is 41.6 Å². The van der Waals surface area contributed by atoms with Crippen molar-refractivity contribution in [3.8, 4) is 0 Å². The lowest BCUT2D eigenvalue weighted by Crippen LogP contribution is -2.39. The van der Waals surface area contributed by atoms with E-state index >= 15 is 0 Å². The molecule has 2 aromatic rings. The third-order valence-electron chi connectivity index (χ3n) is 4.95. The zero-order chi connectivity index (χ0) is 17.3. The quantitative estimate of drug-likeness (QED) is 0.789. The maximum absolute atomic E-state index is 13.1. The standard InChI is InChI=1S/C19H26BrN3O/c1-4-22-9-5-6-14(11-22)12-23-18(13(2)3)21-17-8-7-15(20)10-16(17)19(23)24/h7-8,10,13-14H,4-6,9,11-12H2,1-3H3/t14-/m0/s1. The van der Waals surface area contributed by atoms with E-state index < -0.39 is 0 Å². The molecule has 0 aliphatic carbocycles. The van der Waals surface area contributed by atoms with Crippen molar-refractivity contribution < 1.29 is 0 Å². The number of rotatable bonds is 4. The lowest BCUT2D eigenvalue weighted by Gasteiger charge is -2.32. The molecular weight excluding hydrogens is 366 g/mol. The highest BCUT2D eigenvalue weighted by atomic mass is 79.9. The summed E-state index contributed by atoms with van der Waals surface area (Å²) >= 11 is 3.47. The molecular formula is C19H26BrN3O. The van der Waals surface area contributed by atoms with Crippen LogP contribution in [0.4, 0.5) is 0 Å². The highest BCUT2D eigenvalue weighted by Gasteiger charge is 2.22. The molecule has 0 saturated carbocycles. The molecule has 1 saturated heterocycles. The summed E-state index contributed by atoms with van der Waals surface area (Å²) in [6, 6.07) is 5.77. The molecule has 4 nitrogen and oxygen atoms in total. The predicted molar refractivity (Wildman–Crippen MR) is 103 cm³/mol. The third kappa shape index (κ3) is 3.57. The van der Waals surface area contributed by atoms with Gasteiger partial charge >= 0.3 is 0 Å². The first-order valence-electron chi connectivity index (χ1n) is 8.92. The Balaban J connectivity index is 2.03. The minimum absolute atomic E-state index is 0.0959. The largest absolute Gasteiger partial charge is 0.303 e. The molecule has 1 aliphatic heterocycles. The molecule has 130 valence electrons. The number of halogens is 1. The summed E-state index contributed by atoms with van der Waals surface area (Å²) in [4.78, 5) is 20.4. The molecule has 0 N–H and O–H groups in total. The minimum Gasteiger partial charge on any atom is -0.303 e. The van der Waals surface area contributed by atoms with Crippen LogP contribution < -0.4 is 5.56 Å². The van der Waals surface area contributed by atoms with Crippen LogP contribution in [0.1, 0.15) is 45.4 Å². The molecule has 1 aromatic heterocycles. The first-order chi connectivity index (χ1) is 11.5. The van der Waals surface area contributed by atoms with Gasteiger partial charge in [0.25, 0.3) is 5.56 Å². The Morgan fingerprint density at radius 3 is 2.88 bits per heavy atom. The van der Waals surface area contributed by atoms with Crippen molar-refractivity contribution in [1.82, 2.24) is 14.5 Å². The number of piperidine rings is 1. The first kappa shape index (κ1) is 17.6. The van der Waals surface area contributed by atoms with E-state index in [9.17, 15) is 4.79 Å². The number of likely N-dealkylation sites (tertiary alicyclic amines) is 1. The van der Waals surface area contributed by atoms with Crippen LogP contribution in [0, 0.1) is 5.92 Å². The molecule has 0 spiro atoms. The Bertz CT molecular complexity index is 784. The summed E-state index contributed by atoms with van der Waals surface area (Å²) in [5.74, 6) is 1.67. The number of hydrogen-bond donors (Lipinski definition) is 0. The summed E-state index contributed by atoms with van der Waals surface area (Å²) in [6.45, 7) is 10.6. The molecule has 0 amide bonds. The second-order valence-electron chi connectivity index (χ2n) is 7.10. The maximum atomic E-state index is 13.1. The van der Waals surface area contributed by atoms with Gasteiger partial charge in [-0.15, -0.1) is 0 Å². The molecule has 1 fully saturated rings. The molecule has 1 aliphatic rings. The molecule has 5 heteroatoms. The van der Waals surface area contributed by atoms with Crippen LogP contribution in [0.2, 0.25) is 0 Å². The first-order valence-corrected chi connectivity index (χ1v) is 9.71. The van der Waals surface area contributed by atoms with Crippen LogP contribution in [-0.2, 0) is 6.54 Å². The predicted octanol–water partition coefficient (Wildman–Crippen LogP) is 4.01. The van der Waals surface area contributed by atoms with Crippen molar-refractivity contribution in [2.24, 2.45) is 5.92 Å². The Hall–Kier alpha value is -1.20.